The molecule has 2 N–H and O–H groups in total. The number of phenols is 1. The zero-order valence-electron chi connectivity index (χ0n) is 11.1. The first-order chi connectivity index (χ1) is 10.3. The maximum absolute atomic E-state index is 12.8. The van der Waals surface area contributed by atoms with Crippen molar-refractivity contribution in [2.45, 2.75) is 12.6 Å². The SMILES string of the molecule is O=C(Cc1ccc(O)cc1)Nc1ccc(Br)c(C(F)(F)F)c1. The number of halogens is 4. The highest BCUT2D eigenvalue weighted by molar-refractivity contribution is 9.10. The Morgan fingerprint density at radius 3 is 2.36 bits per heavy atom. The molecule has 0 unspecified atom stereocenters. The van der Waals surface area contributed by atoms with Crippen LogP contribution in [-0.2, 0) is 17.4 Å². The Kier molecular flexibility index (Phi) is 4.75. The minimum absolute atomic E-state index is 0.00229. The summed E-state index contributed by atoms with van der Waals surface area (Å²) in [6.45, 7) is 0. The van der Waals surface area contributed by atoms with Crippen LogP contribution in [0.2, 0.25) is 0 Å². The number of hydrogen-bond acceptors (Lipinski definition) is 2. The van der Waals surface area contributed by atoms with E-state index in [-0.39, 0.29) is 22.3 Å². The standard InChI is InChI=1S/C15H11BrF3NO2/c16-13-6-3-10(8-12(13)15(17,18)19)20-14(22)7-9-1-4-11(21)5-2-9/h1-6,8,21H,7H2,(H,20,22). The highest BCUT2D eigenvalue weighted by Gasteiger charge is 2.33. The van der Waals surface area contributed by atoms with E-state index in [4.69, 9.17) is 5.11 Å². The number of carbonyl (C=O) groups is 1. The van der Waals surface area contributed by atoms with E-state index in [0.29, 0.717) is 5.56 Å². The van der Waals surface area contributed by atoms with Gasteiger partial charge in [0.1, 0.15) is 5.75 Å². The first-order valence-corrected chi connectivity index (χ1v) is 6.99. The smallest absolute Gasteiger partial charge is 0.417 e. The molecule has 2 aromatic rings. The Bertz CT molecular complexity index is 684. The maximum Gasteiger partial charge on any atom is 0.417 e. The van der Waals surface area contributed by atoms with Crippen molar-refractivity contribution in [3.8, 4) is 5.75 Å². The third-order valence-corrected chi connectivity index (χ3v) is 3.55. The third-order valence-electron chi connectivity index (χ3n) is 2.86. The number of carbonyl (C=O) groups excluding carboxylic acids is 1. The van der Waals surface area contributed by atoms with E-state index in [1.807, 2.05) is 0 Å². The summed E-state index contributed by atoms with van der Waals surface area (Å²) in [6, 6.07) is 9.50. The molecule has 7 heteroatoms. The number of aromatic hydroxyl groups is 1. The van der Waals surface area contributed by atoms with Crippen molar-refractivity contribution in [2.24, 2.45) is 0 Å². The van der Waals surface area contributed by atoms with Gasteiger partial charge < -0.3 is 10.4 Å². The molecule has 0 saturated carbocycles. The van der Waals surface area contributed by atoms with Crippen LogP contribution in [0.15, 0.2) is 46.9 Å². The van der Waals surface area contributed by atoms with Crippen LogP contribution >= 0.6 is 15.9 Å². The van der Waals surface area contributed by atoms with Gasteiger partial charge in [0.15, 0.2) is 0 Å². The van der Waals surface area contributed by atoms with E-state index in [0.717, 1.165) is 6.07 Å². The average molecular weight is 374 g/mol. The molecular weight excluding hydrogens is 363 g/mol. The van der Waals surface area contributed by atoms with Crippen molar-refractivity contribution < 1.29 is 23.1 Å². The monoisotopic (exact) mass is 373 g/mol. The fourth-order valence-corrected chi connectivity index (χ4v) is 2.30. The Labute approximate surface area is 132 Å². The van der Waals surface area contributed by atoms with Crippen LogP contribution in [-0.4, -0.2) is 11.0 Å². The summed E-state index contributed by atoms with van der Waals surface area (Å²) in [4.78, 5) is 11.8. The zero-order chi connectivity index (χ0) is 16.3. The summed E-state index contributed by atoms with van der Waals surface area (Å²) >= 11 is 2.84. The highest BCUT2D eigenvalue weighted by atomic mass is 79.9. The molecule has 0 aliphatic rings. The lowest BCUT2D eigenvalue weighted by atomic mass is 10.1. The molecule has 22 heavy (non-hydrogen) atoms. The first kappa shape index (κ1) is 16.4. The first-order valence-electron chi connectivity index (χ1n) is 6.20. The Morgan fingerprint density at radius 2 is 1.77 bits per heavy atom. The molecule has 0 atom stereocenters. The number of phenolic OH excluding ortho intramolecular Hbond substituents is 1. The van der Waals surface area contributed by atoms with Gasteiger partial charge >= 0.3 is 6.18 Å². The number of rotatable bonds is 3. The fraction of sp³-hybridized carbons (Fsp3) is 0.133. The van der Waals surface area contributed by atoms with Gasteiger partial charge in [0.05, 0.1) is 12.0 Å². The number of alkyl halides is 3. The zero-order valence-corrected chi connectivity index (χ0v) is 12.7. The van der Waals surface area contributed by atoms with Gasteiger partial charge in [-0.3, -0.25) is 4.79 Å². The lowest BCUT2D eigenvalue weighted by Gasteiger charge is -2.12. The topological polar surface area (TPSA) is 49.3 Å². The molecule has 0 aliphatic heterocycles. The van der Waals surface area contributed by atoms with Crippen LogP contribution in [0, 0.1) is 0 Å². The van der Waals surface area contributed by atoms with E-state index in [2.05, 4.69) is 21.2 Å². The molecule has 0 aromatic heterocycles. The van der Waals surface area contributed by atoms with Crippen molar-refractivity contribution in [3.05, 3.63) is 58.1 Å². The molecule has 0 bridgehead atoms. The summed E-state index contributed by atoms with van der Waals surface area (Å²) in [7, 11) is 0. The molecule has 0 aliphatic carbocycles. The summed E-state index contributed by atoms with van der Waals surface area (Å²) in [6.07, 6.45) is -4.51. The fourth-order valence-electron chi connectivity index (χ4n) is 1.82. The van der Waals surface area contributed by atoms with Crippen LogP contribution in [0.3, 0.4) is 0 Å². The predicted molar refractivity (Wildman–Crippen MR) is 79.6 cm³/mol. The summed E-state index contributed by atoms with van der Waals surface area (Å²) in [5.41, 5.74) is -0.141. The number of anilines is 1. The molecule has 116 valence electrons. The van der Waals surface area contributed by atoms with E-state index in [1.54, 1.807) is 12.1 Å². The number of nitrogens with one attached hydrogen (secondary N) is 1. The van der Waals surface area contributed by atoms with Gasteiger partial charge in [-0.05, 0) is 35.9 Å². The van der Waals surface area contributed by atoms with Gasteiger partial charge in [-0.25, -0.2) is 0 Å². The van der Waals surface area contributed by atoms with E-state index in [9.17, 15) is 18.0 Å². The Hall–Kier alpha value is -2.02. The molecule has 3 nitrogen and oxygen atoms in total. The second kappa shape index (κ2) is 6.39. The van der Waals surface area contributed by atoms with Gasteiger partial charge in [-0.1, -0.05) is 28.1 Å². The van der Waals surface area contributed by atoms with E-state index >= 15 is 0 Å². The highest BCUT2D eigenvalue weighted by Crippen LogP contribution is 2.36. The van der Waals surface area contributed by atoms with Crippen molar-refractivity contribution >= 4 is 27.5 Å². The Balaban J connectivity index is 2.10. The van der Waals surface area contributed by atoms with Crippen molar-refractivity contribution in [2.75, 3.05) is 5.32 Å². The molecule has 1 amide bonds. The molecule has 0 saturated heterocycles. The second-order valence-electron chi connectivity index (χ2n) is 4.58. The minimum Gasteiger partial charge on any atom is -0.508 e. The number of hydrogen-bond donors (Lipinski definition) is 2. The van der Waals surface area contributed by atoms with E-state index < -0.39 is 17.6 Å². The predicted octanol–water partition coefficient (Wildman–Crippen LogP) is 4.35. The Morgan fingerprint density at radius 1 is 1.14 bits per heavy atom. The molecule has 2 rings (SSSR count). The van der Waals surface area contributed by atoms with Crippen LogP contribution in [0.1, 0.15) is 11.1 Å². The van der Waals surface area contributed by atoms with Gasteiger partial charge in [0.25, 0.3) is 0 Å². The van der Waals surface area contributed by atoms with Gasteiger partial charge in [-0.2, -0.15) is 13.2 Å². The second-order valence-corrected chi connectivity index (χ2v) is 5.44. The van der Waals surface area contributed by atoms with Crippen LogP contribution < -0.4 is 5.32 Å². The normalized spacial score (nSPS) is 11.3. The molecule has 0 heterocycles. The lowest BCUT2D eigenvalue weighted by Crippen LogP contribution is -2.15. The molecule has 2 aromatic carbocycles. The maximum atomic E-state index is 12.8. The van der Waals surface area contributed by atoms with Gasteiger partial charge in [-0.15, -0.1) is 0 Å². The third kappa shape index (κ3) is 4.24. The van der Waals surface area contributed by atoms with E-state index in [1.165, 1.54) is 24.3 Å². The van der Waals surface area contributed by atoms with Crippen LogP contribution in [0.5, 0.6) is 5.75 Å². The largest absolute Gasteiger partial charge is 0.508 e. The minimum atomic E-state index is -4.50. The van der Waals surface area contributed by atoms with Gasteiger partial charge in [0, 0.05) is 10.2 Å². The van der Waals surface area contributed by atoms with Crippen molar-refractivity contribution in [1.82, 2.24) is 0 Å². The quantitative estimate of drug-likeness (QED) is 0.839. The molecule has 0 radical (unpaired) electrons. The van der Waals surface area contributed by atoms with Gasteiger partial charge in [0.2, 0.25) is 5.91 Å². The molecular formula is C15H11BrF3NO2. The van der Waals surface area contributed by atoms with Crippen LogP contribution in [0.4, 0.5) is 18.9 Å². The summed E-state index contributed by atoms with van der Waals surface area (Å²) in [5.74, 6) is -0.368. The number of benzene rings is 2. The molecule has 0 spiro atoms. The van der Waals surface area contributed by atoms with Crippen molar-refractivity contribution in [3.63, 3.8) is 0 Å². The lowest BCUT2D eigenvalue weighted by molar-refractivity contribution is -0.138. The van der Waals surface area contributed by atoms with Crippen molar-refractivity contribution in [1.29, 1.82) is 0 Å². The average Bonchev–Trinajstić information content (AvgIpc) is 2.42. The summed E-state index contributed by atoms with van der Waals surface area (Å²) in [5, 5.41) is 11.6. The number of amides is 1. The van der Waals surface area contributed by atoms with Crippen LogP contribution in [0.25, 0.3) is 0 Å². The molecule has 0 fully saturated rings. The summed E-state index contributed by atoms with van der Waals surface area (Å²) < 4.78 is 38.3.